The lowest BCUT2D eigenvalue weighted by molar-refractivity contribution is 0.393. The van der Waals surface area contributed by atoms with E-state index in [4.69, 9.17) is 9.47 Å². The molecule has 0 saturated carbocycles. The first-order valence-corrected chi connectivity index (χ1v) is 10.5. The normalized spacial score (nSPS) is 11.1. The number of hydrogen-bond donors (Lipinski definition) is 0. The third kappa shape index (κ3) is 3.79. The highest BCUT2D eigenvalue weighted by molar-refractivity contribution is 5.72. The van der Waals surface area contributed by atoms with Crippen LogP contribution < -0.4 is 20.7 Å². The molecule has 2 aromatic heterocycles. The Bertz CT molecular complexity index is 1360. The van der Waals surface area contributed by atoms with Crippen molar-refractivity contribution in [2.45, 2.75) is 33.4 Å². The maximum atomic E-state index is 13.3. The maximum absolute atomic E-state index is 13.3. The molecule has 0 amide bonds. The predicted octanol–water partition coefficient (Wildman–Crippen LogP) is 3.13. The third-order valence-corrected chi connectivity index (χ3v) is 5.40. The van der Waals surface area contributed by atoms with Crippen LogP contribution in [0.25, 0.3) is 16.9 Å². The summed E-state index contributed by atoms with van der Waals surface area (Å²) in [6.07, 6.45) is 2.26. The first kappa shape index (κ1) is 21.4. The number of ether oxygens (including phenoxy) is 2. The summed E-state index contributed by atoms with van der Waals surface area (Å²) in [6.45, 7) is 4.62. The summed E-state index contributed by atoms with van der Waals surface area (Å²) in [6, 6.07) is 13.2. The number of rotatable bonds is 7. The molecule has 2 aromatic carbocycles. The van der Waals surface area contributed by atoms with Gasteiger partial charge in [0.1, 0.15) is 11.5 Å². The van der Waals surface area contributed by atoms with Gasteiger partial charge in [-0.25, -0.2) is 14.3 Å². The van der Waals surface area contributed by atoms with E-state index in [-0.39, 0.29) is 11.2 Å². The van der Waals surface area contributed by atoms with Crippen LogP contribution in [0, 0.1) is 6.92 Å². The fourth-order valence-corrected chi connectivity index (χ4v) is 3.80. The van der Waals surface area contributed by atoms with Crippen molar-refractivity contribution in [1.82, 2.24) is 18.7 Å². The first-order valence-electron chi connectivity index (χ1n) is 10.5. The lowest BCUT2D eigenvalue weighted by atomic mass is 10.2. The SMILES string of the molecule is CCCn1c(=O)c2c(ncn2Cc2cc(OC)cc(OC)c2)n(-c2ccc(C)cc2)c1=O. The minimum absolute atomic E-state index is 0.331. The van der Waals surface area contributed by atoms with Gasteiger partial charge < -0.3 is 14.0 Å². The molecule has 0 saturated heterocycles. The molecule has 0 atom stereocenters. The van der Waals surface area contributed by atoms with E-state index < -0.39 is 0 Å². The molecule has 4 aromatic rings. The van der Waals surface area contributed by atoms with Gasteiger partial charge in [-0.15, -0.1) is 0 Å². The van der Waals surface area contributed by atoms with Gasteiger partial charge in [0.05, 0.1) is 26.2 Å². The second-order valence-corrected chi connectivity index (χ2v) is 7.68. The van der Waals surface area contributed by atoms with Gasteiger partial charge in [-0.2, -0.15) is 0 Å². The highest BCUT2D eigenvalue weighted by Gasteiger charge is 2.19. The van der Waals surface area contributed by atoms with Crippen LogP contribution in [0.15, 0.2) is 58.4 Å². The summed E-state index contributed by atoms with van der Waals surface area (Å²) in [5.41, 5.74) is 2.62. The van der Waals surface area contributed by atoms with E-state index in [1.165, 1.54) is 9.13 Å². The monoisotopic (exact) mass is 434 g/mol. The minimum Gasteiger partial charge on any atom is -0.497 e. The molecule has 0 aliphatic rings. The average Bonchev–Trinajstić information content (AvgIpc) is 3.20. The zero-order valence-corrected chi connectivity index (χ0v) is 18.7. The Morgan fingerprint density at radius 2 is 1.62 bits per heavy atom. The molecule has 0 aliphatic carbocycles. The number of imidazole rings is 1. The van der Waals surface area contributed by atoms with Crippen molar-refractivity contribution in [3.63, 3.8) is 0 Å². The standard InChI is InChI=1S/C24H26N4O4/c1-5-10-27-23(29)21-22(28(24(27)30)18-8-6-16(2)7-9-18)25-15-26(21)14-17-11-19(31-3)13-20(12-17)32-4/h6-9,11-13,15H,5,10,14H2,1-4H3. The molecule has 0 N–H and O–H groups in total. The highest BCUT2D eigenvalue weighted by atomic mass is 16.5. The van der Waals surface area contributed by atoms with E-state index in [2.05, 4.69) is 4.98 Å². The van der Waals surface area contributed by atoms with Gasteiger partial charge in [0, 0.05) is 19.2 Å². The molecule has 166 valence electrons. The molecular formula is C24H26N4O4. The molecule has 0 bridgehead atoms. The Morgan fingerprint density at radius 1 is 0.969 bits per heavy atom. The Morgan fingerprint density at radius 3 is 2.22 bits per heavy atom. The van der Waals surface area contributed by atoms with E-state index in [0.29, 0.717) is 47.9 Å². The van der Waals surface area contributed by atoms with E-state index in [9.17, 15) is 9.59 Å². The smallest absolute Gasteiger partial charge is 0.337 e. The van der Waals surface area contributed by atoms with Crippen LogP contribution in [-0.4, -0.2) is 32.9 Å². The zero-order chi connectivity index (χ0) is 22.8. The number of methoxy groups -OCH3 is 2. The number of fused-ring (bicyclic) bond motifs is 1. The summed E-state index contributed by atoms with van der Waals surface area (Å²) >= 11 is 0. The van der Waals surface area contributed by atoms with Crippen LogP contribution in [0.5, 0.6) is 11.5 Å². The van der Waals surface area contributed by atoms with Crippen LogP contribution in [0.4, 0.5) is 0 Å². The number of hydrogen-bond acceptors (Lipinski definition) is 5. The Balaban J connectivity index is 1.94. The Hall–Kier alpha value is -3.81. The van der Waals surface area contributed by atoms with Crippen LogP contribution in [0.3, 0.4) is 0 Å². The van der Waals surface area contributed by atoms with E-state index in [0.717, 1.165) is 11.1 Å². The lowest BCUT2D eigenvalue weighted by Gasteiger charge is -2.13. The van der Waals surface area contributed by atoms with Crippen molar-refractivity contribution in [2.75, 3.05) is 14.2 Å². The van der Waals surface area contributed by atoms with Crippen molar-refractivity contribution >= 4 is 11.2 Å². The molecule has 8 heteroatoms. The van der Waals surface area contributed by atoms with Gasteiger partial charge >= 0.3 is 5.69 Å². The molecule has 0 spiro atoms. The number of nitrogens with zero attached hydrogens (tertiary/aromatic N) is 4. The number of benzene rings is 2. The van der Waals surface area contributed by atoms with Crippen molar-refractivity contribution in [1.29, 1.82) is 0 Å². The fourth-order valence-electron chi connectivity index (χ4n) is 3.80. The van der Waals surface area contributed by atoms with Crippen molar-refractivity contribution in [3.05, 3.63) is 80.8 Å². The summed E-state index contributed by atoms with van der Waals surface area (Å²) in [5, 5.41) is 0. The van der Waals surface area contributed by atoms with E-state index >= 15 is 0 Å². The van der Waals surface area contributed by atoms with Gasteiger partial charge in [0.2, 0.25) is 0 Å². The number of aromatic nitrogens is 4. The van der Waals surface area contributed by atoms with Gasteiger partial charge in [-0.05, 0) is 43.2 Å². The quantitative estimate of drug-likeness (QED) is 0.446. The molecule has 0 aliphatic heterocycles. The third-order valence-electron chi connectivity index (χ3n) is 5.40. The summed E-state index contributed by atoms with van der Waals surface area (Å²) in [5.74, 6) is 1.31. The fraction of sp³-hybridized carbons (Fsp3) is 0.292. The molecule has 2 heterocycles. The van der Waals surface area contributed by atoms with Crippen molar-refractivity contribution in [3.8, 4) is 17.2 Å². The Kier molecular flexibility index (Phi) is 5.85. The minimum atomic E-state index is -0.387. The molecule has 0 radical (unpaired) electrons. The second-order valence-electron chi connectivity index (χ2n) is 7.68. The average molecular weight is 434 g/mol. The van der Waals surface area contributed by atoms with E-state index in [1.54, 1.807) is 31.2 Å². The molecule has 0 fully saturated rings. The van der Waals surface area contributed by atoms with Crippen LogP contribution in [0.2, 0.25) is 0 Å². The van der Waals surface area contributed by atoms with Crippen LogP contribution >= 0.6 is 0 Å². The second kappa shape index (κ2) is 8.74. The lowest BCUT2D eigenvalue weighted by Crippen LogP contribution is -2.40. The molecule has 4 rings (SSSR count). The highest BCUT2D eigenvalue weighted by Crippen LogP contribution is 2.24. The van der Waals surface area contributed by atoms with Crippen LogP contribution in [0.1, 0.15) is 24.5 Å². The molecule has 0 unspecified atom stereocenters. The summed E-state index contributed by atoms with van der Waals surface area (Å²) < 4.78 is 15.3. The van der Waals surface area contributed by atoms with E-state index in [1.807, 2.05) is 50.2 Å². The maximum Gasteiger partial charge on any atom is 0.337 e. The molecule has 8 nitrogen and oxygen atoms in total. The molecule has 32 heavy (non-hydrogen) atoms. The van der Waals surface area contributed by atoms with Gasteiger partial charge in [-0.1, -0.05) is 24.6 Å². The largest absolute Gasteiger partial charge is 0.497 e. The van der Waals surface area contributed by atoms with Gasteiger partial charge in [-0.3, -0.25) is 9.36 Å². The number of aryl methyl sites for hydroxylation is 1. The predicted molar refractivity (Wildman–Crippen MR) is 123 cm³/mol. The summed E-state index contributed by atoms with van der Waals surface area (Å²) in [7, 11) is 3.18. The van der Waals surface area contributed by atoms with Crippen LogP contribution in [-0.2, 0) is 13.1 Å². The van der Waals surface area contributed by atoms with Crippen molar-refractivity contribution < 1.29 is 9.47 Å². The summed E-state index contributed by atoms with van der Waals surface area (Å²) in [4.78, 5) is 31.1. The van der Waals surface area contributed by atoms with Crippen molar-refractivity contribution in [2.24, 2.45) is 0 Å². The first-order chi connectivity index (χ1) is 15.5. The van der Waals surface area contributed by atoms with Gasteiger partial charge in [0.25, 0.3) is 5.56 Å². The van der Waals surface area contributed by atoms with Gasteiger partial charge in [0.15, 0.2) is 11.2 Å². The Labute approximate surface area is 185 Å². The molecular weight excluding hydrogens is 408 g/mol. The zero-order valence-electron chi connectivity index (χ0n) is 18.7. The topological polar surface area (TPSA) is 80.3 Å².